The highest BCUT2D eigenvalue weighted by Gasteiger charge is 1.97. The Labute approximate surface area is 66.3 Å². The van der Waals surface area contributed by atoms with Crippen molar-refractivity contribution in [1.29, 1.82) is 0 Å². The lowest BCUT2D eigenvalue weighted by atomic mass is 10.6. The maximum atomic E-state index is 10.9. The molecule has 0 aromatic carbocycles. The molecule has 0 fully saturated rings. The molecule has 1 N–H and O–H groups in total. The van der Waals surface area contributed by atoms with Crippen molar-refractivity contribution < 1.29 is 0 Å². The van der Waals surface area contributed by atoms with Crippen LogP contribution in [0.4, 0.5) is 0 Å². The smallest absolute Gasteiger partial charge is 0.159 e. The molecule has 0 aliphatic rings. The van der Waals surface area contributed by atoms with Gasteiger partial charge in [0.1, 0.15) is 5.52 Å². The van der Waals surface area contributed by atoms with E-state index in [1.807, 2.05) is 0 Å². The zero-order chi connectivity index (χ0) is 7.84. The van der Waals surface area contributed by atoms with Gasteiger partial charge in [0.05, 0.1) is 12.7 Å². The SMILES string of the molecule is [O-]n1cnc2[nH]cnc(=S)c21. The van der Waals surface area contributed by atoms with Crippen LogP contribution in [0.3, 0.4) is 0 Å². The van der Waals surface area contributed by atoms with E-state index in [1.54, 1.807) is 0 Å². The fraction of sp³-hybridized carbons (Fsp3) is 0. The highest BCUT2D eigenvalue weighted by molar-refractivity contribution is 7.71. The molecule has 0 aliphatic carbocycles. The summed E-state index contributed by atoms with van der Waals surface area (Å²) in [4.78, 5) is 10.2. The van der Waals surface area contributed by atoms with Crippen molar-refractivity contribution in [2.24, 2.45) is 0 Å². The normalized spacial score (nSPS) is 10.5. The number of nitrogens with zero attached hydrogens (tertiary/aromatic N) is 3. The van der Waals surface area contributed by atoms with Crippen LogP contribution in [0.1, 0.15) is 0 Å². The molecule has 2 aromatic rings. The summed E-state index contributed by atoms with van der Waals surface area (Å²) < 4.78 is 0.868. The molecule has 6 heteroatoms. The van der Waals surface area contributed by atoms with Gasteiger partial charge in [-0.3, -0.25) is 0 Å². The van der Waals surface area contributed by atoms with Crippen LogP contribution in [0.5, 0.6) is 0 Å². The second-order valence-corrected chi connectivity index (χ2v) is 2.36. The molecule has 2 rings (SSSR count). The van der Waals surface area contributed by atoms with Crippen molar-refractivity contribution in [2.75, 3.05) is 0 Å². The minimum atomic E-state index is 0.270. The van der Waals surface area contributed by atoms with Gasteiger partial charge in [0, 0.05) is 0 Å². The van der Waals surface area contributed by atoms with E-state index in [9.17, 15) is 5.21 Å². The number of H-pyrrole nitrogens is 1. The van der Waals surface area contributed by atoms with Crippen molar-refractivity contribution in [3.05, 3.63) is 22.5 Å². The van der Waals surface area contributed by atoms with E-state index in [0.717, 1.165) is 6.33 Å². The molecule has 0 unspecified atom stereocenters. The quantitative estimate of drug-likeness (QED) is 0.590. The van der Waals surface area contributed by atoms with E-state index in [2.05, 4.69) is 15.0 Å². The van der Waals surface area contributed by atoms with Crippen LogP contribution in [0, 0.1) is 9.85 Å². The number of rotatable bonds is 0. The van der Waals surface area contributed by atoms with Crippen LogP contribution in [0.2, 0.25) is 0 Å². The summed E-state index contributed by atoms with van der Waals surface area (Å²) >= 11 is 4.80. The number of fused-ring (bicyclic) bond motifs is 1. The lowest BCUT2D eigenvalue weighted by Gasteiger charge is -2.03. The van der Waals surface area contributed by atoms with Gasteiger partial charge in [0.25, 0.3) is 0 Å². The van der Waals surface area contributed by atoms with E-state index >= 15 is 0 Å². The third kappa shape index (κ3) is 0.795. The standard InChI is InChI=1S/C5H3N4OS/c10-9-2-8-4-3(9)5(11)7-1-6-4/h1-2H,(H,6,7,11)/q-1. The minimum Gasteiger partial charge on any atom is -0.804 e. The molecule has 0 radical (unpaired) electrons. The van der Waals surface area contributed by atoms with Gasteiger partial charge >= 0.3 is 0 Å². The van der Waals surface area contributed by atoms with Crippen LogP contribution in [0.25, 0.3) is 11.2 Å². The van der Waals surface area contributed by atoms with Gasteiger partial charge in [-0.05, 0) is 0 Å². The summed E-state index contributed by atoms with van der Waals surface area (Å²) in [6.45, 7) is 0. The van der Waals surface area contributed by atoms with Gasteiger partial charge < -0.3 is 14.9 Å². The summed E-state index contributed by atoms with van der Waals surface area (Å²) in [6.07, 6.45) is 2.57. The molecule has 0 amide bonds. The summed E-state index contributed by atoms with van der Waals surface area (Å²) in [5.41, 5.74) is 0.794. The fourth-order valence-electron chi connectivity index (χ4n) is 0.848. The van der Waals surface area contributed by atoms with Crippen LogP contribution < -0.4 is 0 Å². The van der Waals surface area contributed by atoms with Crippen LogP contribution in [-0.4, -0.2) is 19.7 Å². The molecular formula is C5H3N4OS-. The highest BCUT2D eigenvalue weighted by Crippen LogP contribution is 2.07. The van der Waals surface area contributed by atoms with Crippen molar-refractivity contribution >= 4 is 23.4 Å². The first-order chi connectivity index (χ1) is 5.29. The van der Waals surface area contributed by atoms with E-state index in [1.165, 1.54) is 6.33 Å². The largest absolute Gasteiger partial charge is 0.804 e. The number of hydrogen-bond acceptors (Lipinski definition) is 4. The molecule has 0 saturated heterocycles. The first-order valence-corrected chi connectivity index (χ1v) is 3.28. The first kappa shape index (κ1) is 6.29. The Bertz CT molecular complexity index is 445. The van der Waals surface area contributed by atoms with E-state index in [4.69, 9.17) is 12.2 Å². The van der Waals surface area contributed by atoms with Gasteiger partial charge in [0.2, 0.25) is 0 Å². The van der Waals surface area contributed by atoms with Gasteiger partial charge in [0.15, 0.2) is 10.3 Å². The molecule has 2 heterocycles. The van der Waals surface area contributed by atoms with Gasteiger partial charge in [-0.25, -0.2) is 9.97 Å². The Morgan fingerprint density at radius 3 is 3.09 bits per heavy atom. The number of nitrogens with one attached hydrogen (secondary N) is 1. The molecule has 0 aliphatic heterocycles. The van der Waals surface area contributed by atoms with Crippen LogP contribution in [0.15, 0.2) is 12.7 Å². The van der Waals surface area contributed by atoms with Crippen molar-refractivity contribution in [3.8, 4) is 0 Å². The predicted molar refractivity (Wildman–Crippen MR) is 41.5 cm³/mol. The van der Waals surface area contributed by atoms with Crippen molar-refractivity contribution in [3.63, 3.8) is 0 Å². The van der Waals surface area contributed by atoms with Gasteiger partial charge in [-0.2, -0.15) is 0 Å². The molecule has 2 aromatic heterocycles. The zero-order valence-electron chi connectivity index (χ0n) is 5.31. The van der Waals surface area contributed by atoms with Crippen LogP contribution in [-0.2, 0) is 0 Å². The predicted octanol–water partition coefficient (Wildman–Crippen LogP) is 0.835. The zero-order valence-corrected chi connectivity index (χ0v) is 6.13. The second-order valence-electron chi connectivity index (χ2n) is 1.98. The topological polar surface area (TPSA) is 69.6 Å². The highest BCUT2D eigenvalue weighted by atomic mass is 32.1. The number of hydrogen-bond donors (Lipinski definition) is 1. The summed E-state index contributed by atoms with van der Waals surface area (Å²) in [7, 11) is 0. The maximum absolute atomic E-state index is 10.9. The summed E-state index contributed by atoms with van der Waals surface area (Å²) in [6, 6.07) is 0. The maximum Gasteiger partial charge on any atom is 0.159 e. The monoisotopic (exact) mass is 167 g/mol. The van der Waals surface area contributed by atoms with E-state index < -0.39 is 0 Å². The Kier molecular flexibility index (Phi) is 1.16. The van der Waals surface area contributed by atoms with Crippen LogP contribution >= 0.6 is 12.2 Å². The summed E-state index contributed by atoms with van der Waals surface area (Å²) in [5.74, 6) is 0. The molecule has 0 saturated carbocycles. The van der Waals surface area contributed by atoms with Gasteiger partial charge in [-0.1, -0.05) is 12.2 Å². The Hall–Kier alpha value is -1.43. The molecule has 5 nitrogen and oxygen atoms in total. The molecule has 56 valence electrons. The van der Waals surface area contributed by atoms with Crippen molar-refractivity contribution in [1.82, 2.24) is 19.7 Å². The Morgan fingerprint density at radius 2 is 2.36 bits per heavy atom. The molecule has 0 bridgehead atoms. The third-order valence-corrected chi connectivity index (χ3v) is 1.62. The van der Waals surface area contributed by atoms with E-state index in [-0.39, 0.29) is 4.64 Å². The number of aromatic nitrogens is 4. The molecule has 0 spiro atoms. The summed E-state index contributed by atoms with van der Waals surface area (Å²) in [5, 5.41) is 10.9. The lowest BCUT2D eigenvalue weighted by Crippen LogP contribution is -1.86. The van der Waals surface area contributed by atoms with E-state index in [0.29, 0.717) is 15.9 Å². The van der Waals surface area contributed by atoms with Gasteiger partial charge in [-0.15, -0.1) is 0 Å². The fourth-order valence-corrected chi connectivity index (χ4v) is 1.09. The third-order valence-electron chi connectivity index (χ3n) is 1.32. The minimum absolute atomic E-state index is 0.270. The number of aromatic amines is 1. The Morgan fingerprint density at radius 1 is 1.55 bits per heavy atom. The van der Waals surface area contributed by atoms with Crippen molar-refractivity contribution in [2.45, 2.75) is 0 Å². The Balaban J connectivity index is 3.08. The number of imidazole rings is 1. The first-order valence-electron chi connectivity index (χ1n) is 2.87. The molecule has 0 atom stereocenters. The lowest BCUT2D eigenvalue weighted by molar-refractivity contribution is 1.10. The molecule has 11 heavy (non-hydrogen) atoms. The average molecular weight is 167 g/mol. The molecular weight excluding hydrogens is 164 g/mol. The average Bonchev–Trinajstić information content (AvgIpc) is 2.34. The second kappa shape index (κ2) is 2.03.